The molecule has 0 aliphatic carbocycles. The zero-order valence-corrected chi connectivity index (χ0v) is 9.50. The van der Waals surface area contributed by atoms with Gasteiger partial charge in [-0.1, -0.05) is 12.1 Å². The molecule has 2 aromatic rings. The Hall–Kier alpha value is -1.68. The van der Waals surface area contributed by atoms with E-state index in [4.69, 9.17) is 4.74 Å². The van der Waals surface area contributed by atoms with Crippen LogP contribution >= 0.6 is 0 Å². The maximum absolute atomic E-state index is 12.2. The average Bonchev–Trinajstić information content (AvgIpc) is 2.86. The molecule has 0 saturated carbocycles. The van der Waals surface area contributed by atoms with Crippen LogP contribution in [0.1, 0.15) is 12.8 Å². The highest BCUT2D eigenvalue weighted by atomic mass is 16.5. The van der Waals surface area contributed by atoms with Gasteiger partial charge in [0.05, 0.1) is 29.9 Å². The molecule has 88 valence electrons. The van der Waals surface area contributed by atoms with E-state index in [0.717, 1.165) is 25.0 Å². The first kappa shape index (κ1) is 10.5. The van der Waals surface area contributed by atoms with Crippen LogP contribution in [0.2, 0.25) is 0 Å². The Bertz CT molecular complexity index is 585. The summed E-state index contributed by atoms with van der Waals surface area (Å²) in [4.78, 5) is 16.5. The average molecular weight is 230 g/mol. The van der Waals surface area contributed by atoms with Gasteiger partial charge in [-0.05, 0) is 25.0 Å². The Morgan fingerprint density at radius 3 is 3.12 bits per heavy atom. The fourth-order valence-electron chi connectivity index (χ4n) is 2.24. The van der Waals surface area contributed by atoms with Crippen LogP contribution in [0.15, 0.2) is 35.4 Å². The van der Waals surface area contributed by atoms with Crippen molar-refractivity contribution in [3.8, 4) is 0 Å². The second-order valence-electron chi connectivity index (χ2n) is 4.35. The third-order valence-corrected chi connectivity index (χ3v) is 3.16. The van der Waals surface area contributed by atoms with Crippen LogP contribution in [0.3, 0.4) is 0 Å². The molecule has 1 aromatic carbocycles. The van der Waals surface area contributed by atoms with E-state index >= 15 is 0 Å². The summed E-state index contributed by atoms with van der Waals surface area (Å²) in [6.45, 7) is 1.41. The molecule has 1 fully saturated rings. The molecule has 1 saturated heterocycles. The lowest BCUT2D eigenvalue weighted by Gasteiger charge is -2.11. The molecule has 0 spiro atoms. The van der Waals surface area contributed by atoms with E-state index in [-0.39, 0.29) is 11.7 Å². The van der Waals surface area contributed by atoms with E-state index in [2.05, 4.69) is 4.98 Å². The molecule has 4 nitrogen and oxygen atoms in total. The summed E-state index contributed by atoms with van der Waals surface area (Å²) in [6.07, 6.45) is 3.89. The minimum absolute atomic E-state index is 0.0195. The van der Waals surface area contributed by atoms with Gasteiger partial charge in [-0.15, -0.1) is 0 Å². The first-order valence-electron chi connectivity index (χ1n) is 5.90. The third-order valence-electron chi connectivity index (χ3n) is 3.16. The van der Waals surface area contributed by atoms with Gasteiger partial charge in [-0.3, -0.25) is 9.36 Å². The Labute approximate surface area is 98.9 Å². The first-order valence-corrected chi connectivity index (χ1v) is 5.90. The fraction of sp³-hybridized carbons (Fsp3) is 0.385. The van der Waals surface area contributed by atoms with Gasteiger partial charge in [-0.25, -0.2) is 4.98 Å². The number of aromatic nitrogens is 2. The summed E-state index contributed by atoms with van der Waals surface area (Å²) in [5, 5.41) is 0.674. The normalized spacial score (nSPS) is 19.9. The third kappa shape index (κ3) is 1.96. The largest absolute Gasteiger partial charge is 0.376 e. The van der Waals surface area contributed by atoms with Gasteiger partial charge in [0.2, 0.25) is 0 Å². The smallest absolute Gasteiger partial charge is 0.261 e. The Morgan fingerprint density at radius 1 is 1.41 bits per heavy atom. The molecule has 1 aromatic heterocycles. The monoisotopic (exact) mass is 230 g/mol. The fourth-order valence-corrected chi connectivity index (χ4v) is 2.24. The number of hydrogen-bond donors (Lipinski definition) is 0. The van der Waals surface area contributed by atoms with Crippen molar-refractivity contribution in [3.05, 3.63) is 40.9 Å². The highest BCUT2D eigenvalue weighted by molar-refractivity contribution is 5.76. The lowest BCUT2D eigenvalue weighted by Crippen LogP contribution is -2.26. The highest BCUT2D eigenvalue weighted by Gasteiger charge is 2.16. The van der Waals surface area contributed by atoms with Gasteiger partial charge in [0.1, 0.15) is 0 Å². The topological polar surface area (TPSA) is 44.1 Å². The van der Waals surface area contributed by atoms with E-state index in [0.29, 0.717) is 11.9 Å². The van der Waals surface area contributed by atoms with Crippen molar-refractivity contribution in [2.45, 2.75) is 25.5 Å². The molecule has 1 aliphatic heterocycles. The second kappa shape index (κ2) is 4.30. The van der Waals surface area contributed by atoms with Crippen LogP contribution in [0.5, 0.6) is 0 Å². The van der Waals surface area contributed by atoms with Crippen molar-refractivity contribution < 1.29 is 4.74 Å². The van der Waals surface area contributed by atoms with Crippen LogP contribution in [-0.4, -0.2) is 22.3 Å². The number of fused-ring (bicyclic) bond motifs is 1. The molecular weight excluding hydrogens is 216 g/mol. The Morgan fingerprint density at radius 2 is 2.29 bits per heavy atom. The summed E-state index contributed by atoms with van der Waals surface area (Å²) in [6, 6.07) is 7.42. The summed E-state index contributed by atoms with van der Waals surface area (Å²) in [7, 11) is 0. The predicted octanol–water partition coefficient (Wildman–Crippen LogP) is 1.58. The molecule has 1 aliphatic rings. The number of hydrogen-bond acceptors (Lipinski definition) is 3. The number of para-hydroxylation sites is 1. The van der Waals surface area contributed by atoms with Crippen LogP contribution < -0.4 is 5.56 Å². The quantitative estimate of drug-likeness (QED) is 0.786. The van der Waals surface area contributed by atoms with Gasteiger partial charge in [-0.2, -0.15) is 0 Å². The van der Waals surface area contributed by atoms with Crippen molar-refractivity contribution in [2.75, 3.05) is 6.61 Å². The van der Waals surface area contributed by atoms with Crippen LogP contribution in [-0.2, 0) is 11.3 Å². The van der Waals surface area contributed by atoms with E-state index in [1.165, 1.54) is 0 Å². The second-order valence-corrected chi connectivity index (χ2v) is 4.35. The van der Waals surface area contributed by atoms with Gasteiger partial charge < -0.3 is 4.74 Å². The lowest BCUT2D eigenvalue weighted by atomic mass is 10.2. The number of nitrogens with zero attached hydrogens (tertiary/aromatic N) is 2. The lowest BCUT2D eigenvalue weighted by molar-refractivity contribution is 0.0960. The highest BCUT2D eigenvalue weighted by Crippen LogP contribution is 2.13. The van der Waals surface area contributed by atoms with E-state index in [1.54, 1.807) is 10.9 Å². The Balaban J connectivity index is 1.99. The predicted molar refractivity (Wildman–Crippen MR) is 65.0 cm³/mol. The van der Waals surface area contributed by atoms with Crippen molar-refractivity contribution >= 4 is 10.9 Å². The van der Waals surface area contributed by atoms with Crippen molar-refractivity contribution in [1.29, 1.82) is 0 Å². The molecule has 2 heterocycles. The standard InChI is InChI=1S/C13H14N2O2/c16-13-11-5-1-2-6-12(11)14-9-15(13)8-10-4-3-7-17-10/h1-2,5-6,9-10H,3-4,7-8H2/t10-/m0/s1. The number of benzene rings is 1. The zero-order chi connectivity index (χ0) is 11.7. The molecular formula is C13H14N2O2. The number of rotatable bonds is 2. The Kier molecular flexibility index (Phi) is 2.65. The van der Waals surface area contributed by atoms with Crippen molar-refractivity contribution in [2.24, 2.45) is 0 Å². The minimum Gasteiger partial charge on any atom is -0.376 e. The van der Waals surface area contributed by atoms with E-state index < -0.39 is 0 Å². The summed E-state index contributed by atoms with van der Waals surface area (Å²) in [5.41, 5.74) is 0.771. The molecule has 0 radical (unpaired) electrons. The molecule has 4 heteroatoms. The zero-order valence-electron chi connectivity index (χ0n) is 9.50. The molecule has 3 rings (SSSR count). The molecule has 0 bridgehead atoms. The maximum Gasteiger partial charge on any atom is 0.261 e. The molecule has 17 heavy (non-hydrogen) atoms. The van der Waals surface area contributed by atoms with E-state index in [1.807, 2.05) is 24.3 Å². The van der Waals surface area contributed by atoms with Crippen molar-refractivity contribution in [3.63, 3.8) is 0 Å². The van der Waals surface area contributed by atoms with E-state index in [9.17, 15) is 4.79 Å². The van der Waals surface area contributed by atoms with Crippen LogP contribution in [0, 0.1) is 0 Å². The maximum atomic E-state index is 12.2. The molecule has 0 N–H and O–H groups in total. The van der Waals surface area contributed by atoms with Gasteiger partial charge in [0, 0.05) is 6.61 Å². The summed E-state index contributed by atoms with van der Waals surface area (Å²) in [5.74, 6) is 0. The van der Waals surface area contributed by atoms with Gasteiger partial charge >= 0.3 is 0 Å². The van der Waals surface area contributed by atoms with Crippen molar-refractivity contribution in [1.82, 2.24) is 9.55 Å². The summed E-state index contributed by atoms with van der Waals surface area (Å²) < 4.78 is 7.19. The molecule has 0 unspecified atom stereocenters. The SMILES string of the molecule is O=c1c2ccccc2ncn1C[C@@H]1CCCO1. The summed E-state index contributed by atoms with van der Waals surface area (Å²) >= 11 is 0. The number of ether oxygens (including phenoxy) is 1. The molecule has 0 amide bonds. The van der Waals surface area contributed by atoms with Gasteiger partial charge in [0.15, 0.2) is 0 Å². The van der Waals surface area contributed by atoms with Crippen LogP contribution in [0.25, 0.3) is 10.9 Å². The van der Waals surface area contributed by atoms with Crippen LogP contribution in [0.4, 0.5) is 0 Å². The molecule has 1 atom stereocenters. The van der Waals surface area contributed by atoms with Gasteiger partial charge in [0.25, 0.3) is 5.56 Å². The first-order chi connectivity index (χ1) is 8.34. The minimum atomic E-state index is 0.0195.